The highest BCUT2D eigenvalue weighted by molar-refractivity contribution is 7.02. The summed E-state index contributed by atoms with van der Waals surface area (Å²) in [7, 11) is -2.24. The maximum absolute atomic E-state index is 7.53. The van der Waals surface area contributed by atoms with Gasteiger partial charge in [-0.2, -0.15) is 0 Å². The van der Waals surface area contributed by atoms with E-state index in [-0.39, 0.29) is 16.2 Å². The van der Waals surface area contributed by atoms with Crippen LogP contribution in [0.25, 0.3) is 66.1 Å². The molecule has 0 bridgehead atoms. The van der Waals surface area contributed by atoms with Crippen molar-refractivity contribution < 1.29 is 9.47 Å². The van der Waals surface area contributed by atoms with Gasteiger partial charge in [0.2, 0.25) is 0 Å². The van der Waals surface area contributed by atoms with Crippen molar-refractivity contribution in [2.45, 2.75) is 70.9 Å². The Morgan fingerprint density at radius 1 is 0.297 bits per heavy atom. The van der Waals surface area contributed by atoms with Crippen LogP contribution in [0, 0.1) is 0 Å². The first kappa shape index (κ1) is 37.8. The number of rotatable bonds is 2. The van der Waals surface area contributed by atoms with Crippen LogP contribution in [-0.2, 0) is 16.2 Å². The van der Waals surface area contributed by atoms with Gasteiger partial charge in [0.15, 0.2) is 0 Å². The van der Waals surface area contributed by atoms with Crippen LogP contribution in [0.15, 0.2) is 158 Å². The van der Waals surface area contributed by atoms with Crippen LogP contribution in [0.4, 0.5) is 0 Å². The van der Waals surface area contributed by atoms with Crippen molar-refractivity contribution in [3.63, 3.8) is 0 Å². The first-order valence-corrected chi connectivity index (χ1v) is 25.9. The summed E-state index contributed by atoms with van der Waals surface area (Å²) in [4.78, 5) is 0. The van der Waals surface area contributed by atoms with E-state index in [4.69, 9.17) is 9.47 Å². The van der Waals surface area contributed by atoms with Gasteiger partial charge in [-0.1, -0.05) is 212 Å². The van der Waals surface area contributed by atoms with Gasteiger partial charge < -0.3 is 9.47 Å². The minimum atomic E-state index is -2.24. The predicted molar refractivity (Wildman–Crippen MR) is 269 cm³/mol. The van der Waals surface area contributed by atoms with E-state index in [9.17, 15) is 0 Å². The second-order valence-corrected chi connectivity index (χ2v) is 25.1. The minimum Gasteiger partial charge on any atom is -0.456 e. The Kier molecular flexibility index (Phi) is 7.40. The highest BCUT2D eigenvalue weighted by Crippen LogP contribution is 2.61. The lowest BCUT2D eigenvalue weighted by Gasteiger charge is -2.37. The second-order valence-electron chi connectivity index (χ2n) is 20.7. The molecule has 2 heterocycles. The van der Waals surface area contributed by atoms with Crippen LogP contribution in [0.1, 0.15) is 74.9 Å². The molecule has 9 aromatic rings. The molecule has 0 atom stereocenters. The second kappa shape index (κ2) is 12.5. The molecule has 0 spiro atoms. The molecule has 2 aliphatic carbocycles. The molecule has 0 aromatic heterocycles. The number of hydrogen-bond acceptors (Lipinski definition) is 2. The zero-order chi connectivity index (χ0) is 43.7. The van der Waals surface area contributed by atoms with Crippen LogP contribution in [0.5, 0.6) is 23.0 Å². The molecule has 3 heteroatoms. The van der Waals surface area contributed by atoms with Crippen LogP contribution in [0.2, 0.25) is 13.1 Å². The van der Waals surface area contributed by atoms with Crippen LogP contribution in [-0.4, -0.2) is 8.07 Å². The summed E-state index contributed by atoms with van der Waals surface area (Å²) in [5.74, 6) is 3.98. The van der Waals surface area contributed by atoms with Gasteiger partial charge in [-0.3, -0.25) is 0 Å². The molecule has 0 saturated heterocycles. The quantitative estimate of drug-likeness (QED) is 0.127. The zero-order valence-corrected chi connectivity index (χ0v) is 38.8. The number of para-hydroxylation sites is 2. The third-order valence-corrected chi connectivity index (χ3v) is 19.5. The Balaban J connectivity index is 1.05. The van der Waals surface area contributed by atoms with Gasteiger partial charge in [0.1, 0.15) is 31.1 Å². The molecule has 0 N–H and O–H groups in total. The van der Waals surface area contributed by atoms with Gasteiger partial charge in [0.25, 0.3) is 0 Å². The summed E-state index contributed by atoms with van der Waals surface area (Å²) < 4.78 is 15.0. The van der Waals surface area contributed by atoms with E-state index in [1.165, 1.54) is 98.7 Å². The summed E-state index contributed by atoms with van der Waals surface area (Å²) in [5, 5.41) is 7.50. The molecule has 2 nitrogen and oxygen atoms in total. The predicted octanol–water partition coefficient (Wildman–Crippen LogP) is 15.3. The lowest BCUT2D eigenvalue weighted by atomic mass is 9.72. The average molecular weight is 843 g/mol. The molecule has 9 aromatic carbocycles. The molecule has 64 heavy (non-hydrogen) atoms. The number of ether oxygens (including phenoxy) is 2. The maximum Gasteiger partial charge on any atom is 0.139 e. The average Bonchev–Trinajstić information content (AvgIpc) is 3.68. The van der Waals surface area contributed by atoms with Crippen molar-refractivity contribution in [1.29, 1.82) is 0 Å². The van der Waals surface area contributed by atoms with Crippen molar-refractivity contribution in [2.24, 2.45) is 0 Å². The van der Waals surface area contributed by atoms with Crippen LogP contribution < -0.4 is 19.8 Å². The van der Waals surface area contributed by atoms with E-state index in [1.807, 2.05) is 0 Å². The Morgan fingerprint density at radius 3 is 1.25 bits per heavy atom. The van der Waals surface area contributed by atoms with Gasteiger partial charge in [-0.15, -0.1) is 0 Å². The Labute approximate surface area is 377 Å². The van der Waals surface area contributed by atoms with E-state index in [1.54, 1.807) is 0 Å². The SMILES string of the molecule is CC1(C)c2cccc(-c3c4ccccc4c(-c4cccc5c4Oc4c(ccc6c4-c4ccccc4C6(C)C)[Si]5(C)C)c4ccccc34)c2Oc2c1ccc1c2-c2ccccc2C1(C)C. The molecule has 0 radical (unpaired) electrons. The summed E-state index contributed by atoms with van der Waals surface area (Å²) in [6.07, 6.45) is 0. The first-order valence-electron chi connectivity index (χ1n) is 22.9. The summed E-state index contributed by atoms with van der Waals surface area (Å²) in [6, 6.07) is 59.0. The molecule has 0 amide bonds. The lowest BCUT2D eigenvalue weighted by molar-refractivity contribution is 0.420. The van der Waals surface area contributed by atoms with Gasteiger partial charge in [0, 0.05) is 60.8 Å². The molecule has 0 fully saturated rings. The standard InChI is InChI=1S/C61H50O2Si/c1-59(2)43-27-15-13-23-39(43)53-45(59)31-32-48-57(53)62-55-41(25-17-29-47(55)61(48,5)6)51-35-19-9-11-21-37(35)52(38-22-12-10-20-36(38)51)42-26-18-30-49-56(42)63-58-50(64(49,7)8)34-33-46-54(58)40-24-14-16-28-44(40)60(46,3)4/h9-34H,1-8H3. The molecule has 0 saturated carbocycles. The largest absolute Gasteiger partial charge is 0.456 e. The molecule has 0 unspecified atom stereocenters. The van der Waals surface area contributed by atoms with E-state index in [0.717, 1.165) is 34.1 Å². The highest BCUT2D eigenvalue weighted by atomic mass is 28.3. The lowest BCUT2D eigenvalue weighted by Crippen LogP contribution is -2.56. The number of benzene rings is 9. The van der Waals surface area contributed by atoms with Crippen molar-refractivity contribution in [2.75, 3.05) is 0 Å². The smallest absolute Gasteiger partial charge is 0.139 e. The Hall–Kier alpha value is -6.68. The molecule has 13 rings (SSSR count). The molecular weight excluding hydrogens is 793 g/mol. The van der Waals surface area contributed by atoms with E-state index < -0.39 is 8.07 Å². The minimum absolute atomic E-state index is 0.114. The maximum atomic E-state index is 7.53. The normalized spacial score (nSPS) is 16.9. The summed E-state index contributed by atoms with van der Waals surface area (Å²) >= 11 is 0. The van der Waals surface area contributed by atoms with Gasteiger partial charge in [-0.05, 0) is 65.3 Å². The van der Waals surface area contributed by atoms with Gasteiger partial charge in [0.05, 0.1) is 0 Å². The fourth-order valence-electron chi connectivity index (χ4n) is 12.6. The highest BCUT2D eigenvalue weighted by Gasteiger charge is 2.46. The zero-order valence-electron chi connectivity index (χ0n) is 37.8. The fraction of sp³-hybridized carbons (Fsp3) is 0.180. The van der Waals surface area contributed by atoms with Crippen LogP contribution >= 0.6 is 0 Å². The van der Waals surface area contributed by atoms with Crippen molar-refractivity contribution in [3.05, 3.63) is 191 Å². The summed E-state index contributed by atoms with van der Waals surface area (Å²) in [5.41, 5.74) is 17.0. The monoisotopic (exact) mass is 842 g/mol. The third-order valence-electron chi connectivity index (χ3n) is 16.0. The van der Waals surface area contributed by atoms with Crippen molar-refractivity contribution >= 4 is 40.0 Å². The van der Waals surface area contributed by atoms with E-state index in [2.05, 4.69) is 212 Å². The summed E-state index contributed by atoms with van der Waals surface area (Å²) in [6.45, 7) is 19.1. The van der Waals surface area contributed by atoms with Crippen molar-refractivity contribution in [3.8, 4) is 67.5 Å². The Bertz CT molecular complexity index is 3270. The van der Waals surface area contributed by atoms with E-state index >= 15 is 0 Å². The number of fused-ring (bicyclic) bond motifs is 14. The molecule has 310 valence electrons. The molecule has 2 aliphatic heterocycles. The van der Waals surface area contributed by atoms with Gasteiger partial charge >= 0.3 is 0 Å². The van der Waals surface area contributed by atoms with Crippen LogP contribution in [0.3, 0.4) is 0 Å². The Morgan fingerprint density at radius 2 is 0.672 bits per heavy atom. The molecule has 4 aliphatic rings. The fourth-order valence-corrected chi connectivity index (χ4v) is 15.4. The number of hydrogen-bond donors (Lipinski definition) is 0. The van der Waals surface area contributed by atoms with Gasteiger partial charge in [-0.25, -0.2) is 0 Å². The molecular formula is C61H50O2Si. The third kappa shape index (κ3) is 4.65. The topological polar surface area (TPSA) is 18.5 Å². The van der Waals surface area contributed by atoms with Crippen molar-refractivity contribution in [1.82, 2.24) is 0 Å². The first-order chi connectivity index (χ1) is 30.8. The van der Waals surface area contributed by atoms with E-state index in [0.29, 0.717) is 0 Å².